The lowest BCUT2D eigenvalue weighted by Crippen LogP contribution is -2.21. The van der Waals surface area contributed by atoms with Gasteiger partial charge in [0.05, 0.1) is 5.69 Å². The first-order valence-corrected chi connectivity index (χ1v) is 9.10. The number of anilines is 3. The molecule has 26 heavy (non-hydrogen) atoms. The predicted octanol–water partition coefficient (Wildman–Crippen LogP) is 4.02. The molecule has 2 N–H and O–H groups in total. The Balaban J connectivity index is 1.89. The lowest BCUT2D eigenvalue weighted by molar-refractivity contribution is 0.425. The average Bonchev–Trinajstić information content (AvgIpc) is 2.62. The van der Waals surface area contributed by atoms with Crippen molar-refractivity contribution in [2.24, 2.45) is 0 Å². The average molecular weight is 413 g/mol. The molecule has 6 nitrogen and oxygen atoms in total. The fourth-order valence-electron chi connectivity index (χ4n) is 2.36. The van der Waals surface area contributed by atoms with Crippen molar-refractivity contribution in [3.05, 3.63) is 59.3 Å². The molecule has 0 saturated carbocycles. The molecule has 2 aromatic heterocycles. The lowest BCUT2D eigenvalue weighted by Gasteiger charge is -2.13. The van der Waals surface area contributed by atoms with Crippen LogP contribution in [0.3, 0.4) is 0 Å². The smallest absolute Gasteiger partial charge is 0.225 e. The van der Waals surface area contributed by atoms with E-state index >= 15 is 0 Å². The second kappa shape index (κ2) is 8.73. The van der Waals surface area contributed by atoms with Crippen molar-refractivity contribution in [2.45, 2.75) is 0 Å². The zero-order chi connectivity index (χ0) is 18.4. The minimum absolute atomic E-state index is 0.589. The van der Waals surface area contributed by atoms with E-state index in [1.165, 1.54) is 0 Å². The number of rotatable bonds is 7. The van der Waals surface area contributed by atoms with Gasteiger partial charge < -0.3 is 15.5 Å². The summed E-state index contributed by atoms with van der Waals surface area (Å²) < 4.78 is 1.01. The largest absolute Gasteiger partial charge is 0.353 e. The number of likely N-dealkylation sites (N-methyl/N-ethyl adjacent to an activating group) is 1. The van der Waals surface area contributed by atoms with E-state index in [1.54, 1.807) is 12.4 Å². The highest BCUT2D eigenvalue weighted by atomic mass is 79.9. The number of benzene rings is 1. The first kappa shape index (κ1) is 18.3. The predicted molar refractivity (Wildman–Crippen MR) is 110 cm³/mol. The zero-order valence-corrected chi connectivity index (χ0v) is 16.4. The fraction of sp³-hybridized carbons (Fsp3) is 0.211. The van der Waals surface area contributed by atoms with Crippen LogP contribution in [0.4, 0.5) is 17.5 Å². The topological polar surface area (TPSA) is 66.0 Å². The van der Waals surface area contributed by atoms with Crippen LogP contribution in [0.1, 0.15) is 0 Å². The highest BCUT2D eigenvalue weighted by Gasteiger charge is 2.08. The molecule has 0 fully saturated rings. The highest BCUT2D eigenvalue weighted by molar-refractivity contribution is 9.10. The SMILES string of the molecule is CN(C)CCNc1nc(Nc2cccc(Br)c2)cc(-c2cccnc2)n1. The number of hydrogen-bond donors (Lipinski definition) is 2. The van der Waals surface area contributed by atoms with Crippen LogP contribution in [0.2, 0.25) is 0 Å². The van der Waals surface area contributed by atoms with E-state index in [2.05, 4.69) is 46.4 Å². The molecule has 0 amide bonds. The molecule has 134 valence electrons. The lowest BCUT2D eigenvalue weighted by atomic mass is 10.2. The van der Waals surface area contributed by atoms with E-state index in [0.29, 0.717) is 5.95 Å². The third kappa shape index (κ3) is 5.24. The Hall–Kier alpha value is -2.51. The molecule has 3 aromatic rings. The standard InChI is InChI=1S/C19H21BrN6/c1-26(2)10-9-22-19-24-17(14-5-4-8-21-13-14)12-18(25-19)23-16-7-3-6-15(20)11-16/h3-8,11-13H,9-10H2,1-2H3,(H2,22,23,24,25). The Bertz CT molecular complexity index is 854. The number of nitrogens with zero attached hydrogens (tertiary/aromatic N) is 4. The summed E-state index contributed by atoms with van der Waals surface area (Å²) in [6.45, 7) is 1.66. The molecule has 0 aliphatic rings. The molecule has 1 aromatic carbocycles. The Morgan fingerprint density at radius 1 is 1.08 bits per heavy atom. The maximum atomic E-state index is 4.63. The fourth-order valence-corrected chi connectivity index (χ4v) is 2.76. The first-order chi connectivity index (χ1) is 12.6. The van der Waals surface area contributed by atoms with Gasteiger partial charge in [-0.3, -0.25) is 4.98 Å². The van der Waals surface area contributed by atoms with Gasteiger partial charge in [-0.05, 0) is 44.4 Å². The van der Waals surface area contributed by atoms with Gasteiger partial charge in [-0.15, -0.1) is 0 Å². The summed E-state index contributed by atoms with van der Waals surface area (Å²) in [6.07, 6.45) is 3.55. The van der Waals surface area contributed by atoms with Gasteiger partial charge in [0, 0.05) is 47.3 Å². The Morgan fingerprint density at radius 2 is 1.96 bits per heavy atom. The van der Waals surface area contributed by atoms with Gasteiger partial charge in [0.1, 0.15) is 5.82 Å². The number of halogens is 1. The minimum Gasteiger partial charge on any atom is -0.353 e. The van der Waals surface area contributed by atoms with Gasteiger partial charge in [-0.1, -0.05) is 22.0 Å². The Labute approximate surface area is 161 Å². The maximum absolute atomic E-state index is 4.63. The number of aromatic nitrogens is 3. The number of nitrogens with one attached hydrogen (secondary N) is 2. The summed E-state index contributed by atoms with van der Waals surface area (Å²) in [5.41, 5.74) is 2.72. The molecule has 0 unspecified atom stereocenters. The second-order valence-corrected chi connectivity index (χ2v) is 6.98. The van der Waals surface area contributed by atoms with Crippen LogP contribution in [0.5, 0.6) is 0 Å². The van der Waals surface area contributed by atoms with Crippen molar-refractivity contribution < 1.29 is 0 Å². The van der Waals surface area contributed by atoms with Gasteiger partial charge in [0.15, 0.2) is 0 Å². The van der Waals surface area contributed by atoms with Crippen molar-refractivity contribution in [1.29, 1.82) is 0 Å². The van der Waals surface area contributed by atoms with E-state index in [9.17, 15) is 0 Å². The summed E-state index contributed by atoms with van der Waals surface area (Å²) in [4.78, 5) is 15.5. The van der Waals surface area contributed by atoms with E-state index in [1.807, 2.05) is 56.6 Å². The van der Waals surface area contributed by atoms with Crippen LogP contribution in [-0.2, 0) is 0 Å². The molecule has 0 aliphatic carbocycles. The molecule has 0 spiro atoms. The molecule has 0 bridgehead atoms. The van der Waals surface area contributed by atoms with E-state index in [-0.39, 0.29) is 0 Å². The van der Waals surface area contributed by atoms with Gasteiger partial charge in [0.2, 0.25) is 5.95 Å². The molecule has 0 radical (unpaired) electrons. The number of hydrogen-bond acceptors (Lipinski definition) is 6. The van der Waals surface area contributed by atoms with Crippen molar-refractivity contribution >= 4 is 33.4 Å². The maximum Gasteiger partial charge on any atom is 0.225 e. The van der Waals surface area contributed by atoms with Crippen molar-refractivity contribution in [1.82, 2.24) is 19.9 Å². The van der Waals surface area contributed by atoms with Crippen LogP contribution in [0.15, 0.2) is 59.3 Å². The van der Waals surface area contributed by atoms with Gasteiger partial charge in [-0.2, -0.15) is 4.98 Å². The molecule has 7 heteroatoms. The Kier molecular flexibility index (Phi) is 6.14. The third-order valence-corrected chi connectivity index (χ3v) is 4.12. The van der Waals surface area contributed by atoms with Crippen LogP contribution in [0.25, 0.3) is 11.3 Å². The highest BCUT2D eigenvalue weighted by Crippen LogP contribution is 2.24. The van der Waals surface area contributed by atoms with E-state index in [0.717, 1.165) is 40.3 Å². The van der Waals surface area contributed by atoms with Crippen LogP contribution in [0, 0.1) is 0 Å². The summed E-state index contributed by atoms with van der Waals surface area (Å²) in [5.74, 6) is 1.31. The van der Waals surface area contributed by atoms with Gasteiger partial charge >= 0.3 is 0 Å². The van der Waals surface area contributed by atoms with Crippen molar-refractivity contribution in [2.75, 3.05) is 37.8 Å². The number of pyridine rings is 1. The molecule has 0 aliphatic heterocycles. The summed E-state index contributed by atoms with van der Waals surface area (Å²) in [7, 11) is 4.07. The molecular formula is C19H21BrN6. The molecule has 0 atom stereocenters. The monoisotopic (exact) mass is 412 g/mol. The Morgan fingerprint density at radius 3 is 2.69 bits per heavy atom. The van der Waals surface area contributed by atoms with Crippen LogP contribution >= 0.6 is 15.9 Å². The van der Waals surface area contributed by atoms with Gasteiger partial charge in [-0.25, -0.2) is 4.98 Å². The first-order valence-electron chi connectivity index (χ1n) is 8.31. The summed E-state index contributed by atoms with van der Waals surface area (Å²) in [6, 6.07) is 13.8. The van der Waals surface area contributed by atoms with E-state index in [4.69, 9.17) is 0 Å². The molecule has 3 rings (SSSR count). The quantitative estimate of drug-likeness (QED) is 0.610. The van der Waals surface area contributed by atoms with Crippen LogP contribution in [-0.4, -0.2) is 47.0 Å². The van der Waals surface area contributed by atoms with Crippen molar-refractivity contribution in [3.8, 4) is 11.3 Å². The second-order valence-electron chi connectivity index (χ2n) is 6.07. The zero-order valence-electron chi connectivity index (χ0n) is 14.8. The van der Waals surface area contributed by atoms with Crippen molar-refractivity contribution in [3.63, 3.8) is 0 Å². The van der Waals surface area contributed by atoms with Gasteiger partial charge in [0.25, 0.3) is 0 Å². The normalized spacial score (nSPS) is 10.8. The summed E-state index contributed by atoms with van der Waals surface area (Å²) in [5, 5.41) is 6.63. The third-order valence-electron chi connectivity index (χ3n) is 3.62. The van der Waals surface area contributed by atoms with E-state index < -0.39 is 0 Å². The minimum atomic E-state index is 0.589. The van der Waals surface area contributed by atoms with Crippen LogP contribution < -0.4 is 10.6 Å². The molecule has 0 saturated heterocycles. The molecular weight excluding hydrogens is 392 g/mol. The summed E-state index contributed by atoms with van der Waals surface area (Å²) >= 11 is 3.49. The molecule has 2 heterocycles.